The standard InChI is InChI=1S/C25H26ClNO5/c1-25(2)18-13-19-21(31-22(18)17-12-16(26)9-10-20(17)32-25)4-3-11-27(19)23(28)14-5-7-15(8-6-14)24(29)30/h5-10,12,18-19,21-22H,3-4,11,13H2,1-2H3,(H,29,30)/t18-,19-,21-,22+/m1/s1. The quantitative estimate of drug-likeness (QED) is 0.692. The molecule has 1 N–H and O–H groups in total. The molecule has 7 heteroatoms. The van der Waals surface area contributed by atoms with Gasteiger partial charge < -0.3 is 19.5 Å². The van der Waals surface area contributed by atoms with Crippen molar-refractivity contribution < 1.29 is 24.2 Å². The Balaban J connectivity index is 1.44. The Hall–Kier alpha value is -2.57. The van der Waals surface area contributed by atoms with Crippen LogP contribution in [0.5, 0.6) is 5.75 Å². The zero-order valence-corrected chi connectivity index (χ0v) is 18.8. The second-order valence-electron chi connectivity index (χ2n) is 9.42. The molecular weight excluding hydrogens is 430 g/mol. The molecule has 4 atom stereocenters. The van der Waals surface area contributed by atoms with Crippen molar-refractivity contribution in [1.82, 2.24) is 4.90 Å². The van der Waals surface area contributed by atoms with Gasteiger partial charge in [-0.15, -0.1) is 0 Å². The van der Waals surface area contributed by atoms with Gasteiger partial charge in [-0.2, -0.15) is 0 Å². The minimum atomic E-state index is -1.01. The van der Waals surface area contributed by atoms with Crippen LogP contribution in [0, 0.1) is 5.92 Å². The molecule has 3 heterocycles. The summed E-state index contributed by atoms with van der Waals surface area (Å²) in [7, 11) is 0. The Morgan fingerprint density at radius 2 is 1.84 bits per heavy atom. The second kappa shape index (κ2) is 7.78. The number of carboxylic acid groups (broad SMARTS) is 1. The largest absolute Gasteiger partial charge is 0.487 e. The Kier molecular flexibility index (Phi) is 5.18. The maximum Gasteiger partial charge on any atom is 0.335 e. The first kappa shape index (κ1) is 21.3. The zero-order chi connectivity index (χ0) is 22.6. The minimum Gasteiger partial charge on any atom is -0.487 e. The van der Waals surface area contributed by atoms with E-state index in [1.807, 2.05) is 23.1 Å². The average Bonchev–Trinajstić information content (AvgIpc) is 2.78. The lowest BCUT2D eigenvalue weighted by atomic mass is 9.72. The molecule has 0 aliphatic carbocycles. The third-order valence-corrected chi connectivity index (χ3v) is 7.32. The maximum absolute atomic E-state index is 13.4. The first-order valence-electron chi connectivity index (χ1n) is 11.0. The normalized spacial score (nSPS) is 28.0. The molecule has 0 radical (unpaired) electrons. The molecular formula is C25H26ClNO5. The summed E-state index contributed by atoms with van der Waals surface area (Å²) >= 11 is 6.28. The molecule has 0 spiro atoms. The molecule has 5 rings (SSSR count). The molecule has 2 fully saturated rings. The van der Waals surface area contributed by atoms with E-state index in [2.05, 4.69) is 13.8 Å². The summed E-state index contributed by atoms with van der Waals surface area (Å²) in [4.78, 5) is 26.4. The molecule has 1 amide bonds. The van der Waals surface area contributed by atoms with Crippen molar-refractivity contribution >= 4 is 23.5 Å². The number of rotatable bonds is 2. The summed E-state index contributed by atoms with van der Waals surface area (Å²) in [6.45, 7) is 4.81. The van der Waals surface area contributed by atoms with Crippen LogP contribution >= 0.6 is 11.6 Å². The lowest BCUT2D eigenvalue weighted by Crippen LogP contribution is -2.60. The van der Waals surface area contributed by atoms with Gasteiger partial charge in [0.1, 0.15) is 11.4 Å². The number of aromatic carboxylic acids is 1. The van der Waals surface area contributed by atoms with Crippen molar-refractivity contribution in [1.29, 1.82) is 0 Å². The Morgan fingerprint density at radius 3 is 2.56 bits per heavy atom. The Morgan fingerprint density at radius 1 is 1.12 bits per heavy atom. The number of ether oxygens (including phenoxy) is 2. The van der Waals surface area contributed by atoms with Crippen molar-refractivity contribution in [3.8, 4) is 5.75 Å². The molecule has 0 saturated carbocycles. The van der Waals surface area contributed by atoms with Crippen molar-refractivity contribution in [2.45, 2.75) is 57.0 Å². The van der Waals surface area contributed by atoms with Gasteiger partial charge in [-0.3, -0.25) is 4.79 Å². The fourth-order valence-corrected chi connectivity index (χ4v) is 5.61. The smallest absolute Gasteiger partial charge is 0.335 e. The number of likely N-dealkylation sites (tertiary alicyclic amines) is 1. The van der Waals surface area contributed by atoms with Gasteiger partial charge in [-0.1, -0.05) is 11.6 Å². The molecule has 2 aromatic rings. The Labute approximate surface area is 192 Å². The fraction of sp³-hybridized carbons (Fsp3) is 0.440. The minimum absolute atomic E-state index is 0.0553. The number of benzene rings is 2. The van der Waals surface area contributed by atoms with Crippen molar-refractivity contribution in [2.24, 2.45) is 5.92 Å². The van der Waals surface area contributed by atoms with E-state index in [1.54, 1.807) is 12.1 Å². The highest BCUT2D eigenvalue weighted by molar-refractivity contribution is 6.30. The molecule has 168 valence electrons. The van der Waals surface area contributed by atoms with Crippen LogP contribution < -0.4 is 4.74 Å². The van der Waals surface area contributed by atoms with E-state index in [-0.39, 0.29) is 35.6 Å². The summed E-state index contributed by atoms with van der Waals surface area (Å²) < 4.78 is 13.0. The summed E-state index contributed by atoms with van der Waals surface area (Å²) in [5, 5.41) is 9.79. The van der Waals surface area contributed by atoms with E-state index in [0.717, 1.165) is 30.6 Å². The molecule has 2 saturated heterocycles. The Bertz CT molecular complexity index is 1070. The highest BCUT2D eigenvalue weighted by Crippen LogP contribution is 2.52. The molecule has 6 nitrogen and oxygen atoms in total. The first-order valence-corrected chi connectivity index (χ1v) is 11.4. The van der Waals surface area contributed by atoms with Gasteiger partial charge in [0.25, 0.3) is 5.91 Å². The molecule has 3 aliphatic rings. The number of piperidine rings is 1. The number of carbonyl (C=O) groups excluding carboxylic acids is 1. The van der Waals surface area contributed by atoms with Crippen LogP contribution in [0.4, 0.5) is 0 Å². The maximum atomic E-state index is 13.4. The van der Waals surface area contributed by atoms with Gasteiger partial charge in [0.15, 0.2) is 0 Å². The van der Waals surface area contributed by atoms with Crippen LogP contribution in [-0.4, -0.2) is 46.2 Å². The molecule has 0 bridgehead atoms. The van der Waals surface area contributed by atoms with Gasteiger partial charge in [0, 0.05) is 28.6 Å². The summed E-state index contributed by atoms with van der Waals surface area (Å²) in [5.41, 5.74) is 1.19. The molecule has 2 aromatic carbocycles. The van der Waals surface area contributed by atoms with Gasteiger partial charge in [-0.25, -0.2) is 4.79 Å². The van der Waals surface area contributed by atoms with E-state index >= 15 is 0 Å². The topological polar surface area (TPSA) is 76.1 Å². The molecule has 0 aromatic heterocycles. The first-order chi connectivity index (χ1) is 15.2. The molecule has 0 unspecified atom stereocenters. The molecule has 3 aliphatic heterocycles. The number of halogens is 1. The van der Waals surface area contributed by atoms with Gasteiger partial charge >= 0.3 is 5.97 Å². The van der Waals surface area contributed by atoms with Crippen LogP contribution in [0.1, 0.15) is 65.5 Å². The number of fused-ring (bicyclic) bond motifs is 4. The van der Waals surface area contributed by atoms with Gasteiger partial charge in [-0.05, 0) is 75.6 Å². The number of carboxylic acids is 1. The number of hydrogen-bond donors (Lipinski definition) is 1. The van der Waals surface area contributed by atoms with Gasteiger partial charge in [0.2, 0.25) is 0 Å². The van der Waals surface area contributed by atoms with Crippen molar-refractivity contribution in [2.75, 3.05) is 6.54 Å². The highest BCUT2D eigenvalue weighted by Gasteiger charge is 2.52. The third-order valence-electron chi connectivity index (χ3n) is 7.08. The fourth-order valence-electron chi connectivity index (χ4n) is 5.43. The van der Waals surface area contributed by atoms with Gasteiger partial charge in [0.05, 0.1) is 23.8 Å². The van der Waals surface area contributed by atoms with E-state index in [4.69, 9.17) is 26.2 Å². The van der Waals surface area contributed by atoms with Crippen LogP contribution in [0.15, 0.2) is 42.5 Å². The predicted octanol–water partition coefficient (Wildman–Crippen LogP) is 4.96. The lowest BCUT2D eigenvalue weighted by Gasteiger charge is -2.54. The SMILES string of the molecule is CC1(C)Oc2ccc(Cl)cc2[C@@H]2O[C@@H]3CCCN(C(=O)c4ccc(C(=O)O)cc4)[C@@H]3C[C@H]21. The van der Waals surface area contributed by atoms with E-state index in [1.165, 1.54) is 12.1 Å². The predicted molar refractivity (Wildman–Crippen MR) is 119 cm³/mol. The number of amides is 1. The summed E-state index contributed by atoms with van der Waals surface area (Å²) in [6.07, 6.45) is 2.34. The van der Waals surface area contributed by atoms with Crippen molar-refractivity contribution in [3.05, 3.63) is 64.2 Å². The van der Waals surface area contributed by atoms with E-state index in [0.29, 0.717) is 17.1 Å². The monoisotopic (exact) mass is 455 g/mol. The van der Waals surface area contributed by atoms with Crippen molar-refractivity contribution in [3.63, 3.8) is 0 Å². The number of nitrogens with zero attached hydrogens (tertiary/aromatic N) is 1. The van der Waals surface area contributed by atoms with Crippen LogP contribution in [-0.2, 0) is 4.74 Å². The number of carbonyl (C=O) groups is 2. The third kappa shape index (κ3) is 3.55. The van der Waals surface area contributed by atoms with Crippen LogP contribution in [0.3, 0.4) is 0 Å². The van der Waals surface area contributed by atoms with Crippen LogP contribution in [0.25, 0.3) is 0 Å². The molecule has 32 heavy (non-hydrogen) atoms. The van der Waals surface area contributed by atoms with E-state index < -0.39 is 11.6 Å². The zero-order valence-electron chi connectivity index (χ0n) is 18.1. The summed E-state index contributed by atoms with van der Waals surface area (Å²) in [6, 6.07) is 11.7. The number of hydrogen-bond acceptors (Lipinski definition) is 4. The lowest BCUT2D eigenvalue weighted by molar-refractivity contribution is -0.183. The average molecular weight is 456 g/mol. The second-order valence-corrected chi connectivity index (χ2v) is 9.85. The highest BCUT2D eigenvalue weighted by atomic mass is 35.5. The summed E-state index contributed by atoms with van der Waals surface area (Å²) in [5.74, 6) is -0.218. The van der Waals surface area contributed by atoms with E-state index in [9.17, 15) is 9.59 Å². The van der Waals surface area contributed by atoms with Crippen LogP contribution in [0.2, 0.25) is 5.02 Å².